The third-order valence-electron chi connectivity index (χ3n) is 6.60. The van der Waals surface area contributed by atoms with Crippen LogP contribution in [-0.4, -0.2) is 62.6 Å². The van der Waals surface area contributed by atoms with Crippen molar-refractivity contribution in [2.45, 2.75) is 37.5 Å². The predicted octanol–water partition coefficient (Wildman–Crippen LogP) is 4.76. The molecule has 0 unspecified atom stereocenters. The maximum absolute atomic E-state index is 12.8. The highest BCUT2D eigenvalue weighted by Crippen LogP contribution is 2.24. The maximum Gasteiger partial charge on any atom is 0.365 e. The van der Waals surface area contributed by atoms with Gasteiger partial charge in [0.25, 0.3) is 0 Å². The van der Waals surface area contributed by atoms with Gasteiger partial charge in [-0.3, -0.25) is 4.79 Å². The summed E-state index contributed by atoms with van der Waals surface area (Å²) in [6.07, 6.45) is 5.11. The zero-order valence-corrected chi connectivity index (χ0v) is 23.8. The fourth-order valence-corrected chi connectivity index (χ4v) is 5.67. The zero-order valence-electron chi connectivity index (χ0n) is 23.0. The quantitative estimate of drug-likeness (QED) is 0.194. The molecule has 0 aliphatic carbocycles. The molecule has 40 heavy (non-hydrogen) atoms. The van der Waals surface area contributed by atoms with E-state index in [1.807, 2.05) is 54.4 Å². The van der Waals surface area contributed by atoms with Gasteiger partial charge in [-0.1, -0.05) is 49.2 Å². The maximum atomic E-state index is 12.8. The number of sulfonamides is 1. The lowest BCUT2D eigenvalue weighted by Gasteiger charge is -2.18. The van der Waals surface area contributed by atoms with Crippen LogP contribution in [0.25, 0.3) is 10.8 Å². The van der Waals surface area contributed by atoms with E-state index in [0.717, 1.165) is 48.6 Å². The molecule has 0 bridgehead atoms. The molecule has 1 heterocycles. The normalized spacial score (nSPS) is 14.4. The molecule has 4 rings (SSSR count). The van der Waals surface area contributed by atoms with Crippen molar-refractivity contribution in [3.05, 3.63) is 84.2 Å². The van der Waals surface area contributed by atoms with Crippen LogP contribution in [0.5, 0.6) is 0 Å². The monoisotopic (exact) mass is 562 g/mol. The minimum absolute atomic E-state index is 0.190. The summed E-state index contributed by atoms with van der Waals surface area (Å²) in [7, 11) is -0.131. The molecule has 1 aliphatic heterocycles. The number of aliphatic imine (C=N–C) groups is 1. The van der Waals surface area contributed by atoms with Gasteiger partial charge in [0.2, 0.25) is 21.8 Å². The minimum Gasteiger partial charge on any atom is -0.402 e. The Morgan fingerprint density at radius 3 is 2.33 bits per heavy atom. The van der Waals surface area contributed by atoms with E-state index in [0.29, 0.717) is 18.1 Å². The second kappa shape index (κ2) is 12.9. The average molecular weight is 563 g/mol. The molecule has 9 nitrogen and oxygen atoms in total. The molecule has 1 amide bonds. The second-order valence-electron chi connectivity index (χ2n) is 9.77. The highest BCUT2D eigenvalue weighted by Gasteiger charge is 2.26. The van der Waals surface area contributed by atoms with E-state index in [1.165, 1.54) is 23.4 Å². The molecule has 1 aliphatic rings. The second-order valence-corrected chi connectivity index (χ2v) is 11.8. The lowest BCUT2D eigenvalue weighted by atomic mass is 10.0. The number of benzene rings is 3. The Bertz CT molecular complexity index is 1540. The van der Waals surface area contributed by atoms with Crippen LogP contribution in [0, 0.1) is 0 Å². The standard InChI is InChI=1S/C30H34N4O5S/c1-22(35)31-24-15-17-25(18-16-24)40(37,38)34(3)20-9-5-4-8-19-33(2)21-28-30(36)39-29(32-28)27-14-10-12-23-11-6-7-13-26(23)27/h6-7,10-18,21H,4-5,8-9,19-20H2,1-3H3,(H,31,35). The molecule has 0 fully saturated rings. The van der Waals surface area contributed by atoms with Gasteiger partial charge in [0.05, 0.1) is 4.90 Å². The van der Waals surface area contributed by atoms with Crippen molar-refractivity contribution in [1.82, 2.24) is 9.21 Å². The molecular weight excluding hydrogens is 528 g/mol. The SMILES string of the molecule is CC(=O)Nc1ccc(S(=O)(=O)N(C)CCCCCCN(C)C=C2N=C(c3cccc4ccccc34)OC2=O)cc1. The molecular formula is C30H34N4O5S. The first kappa shape index (κ1) is 29.0. The van der Waals surface area contributed by atoms with Crippen molar-refractivity contribution in [2.75, 3.05) is 32.5 Å². The number of nitrogens with one attached hydrogen (secondary N) is 1. The number of esters is 1. The number of amides is 1. The van der Waals surface area contributed by atoms with Gasteiger partial charge in [-0.25, -0.2) is 22.5 Å². The van der Waals surface area contributed by atoms with Crippen molar-refractivity contribution >= 4 is 44.3 Å². The number of hydrogen-bond donors (Lipinski definition) is 1. The Labute approximate surface area is 235 Å². The van der Waals surface area contributed by atoms with Crippen LogP contribution in [0.2, 0.25) is 0 Å². The number of rotatable bonds is 12. The summed E-state index contributed by atoms with van der Waals surface area (Å²) in [6.45, 7) is 2.54. The van der Waals surface area contributed by atoms with Crippen molar-refractivity contribution in [3.63, 3.8) is 0 Å². The van der Waals surface area contributed by atoms with Gasteiger partial charge in [-0.05, 0) is 53.9 Å². The average Bonchev–Trinajstić information content (AvgIpc) is 3.29. The molecule has 0 saturated carbocycles. The zero-order chi connectivity index (χ0) is 28.7. The van der Waals surface area contributed by atoms with E-state index < -0.39 is 16.0 Å². The van der Waals surface area contributed by atoms with Crippen LogP contribution in [0.15, 0.2) is 88.5 Å². The van der Waals surface area contributed by atoms with E-state index in [9.17, 15) is 18.0 Å². The van der Waals surface area contributed by atoms with Crippen LogP contribution in [-0.2, 0) is 24.3 Å². The van der Waals surface area contributed by atoms with Gasteiger partial charge in [-0.2, -0.15) is 0 Å². The third-order valence-corrected chi connectivity index (χ3v) is 8.47. The Morgan fingerprint density at radius 2 is 1.60 bits per heavy atom. The summed E-state index contributed by atoms with van der Waals surface area (Å²) in [5, 5.41) is 4.65. The van der Waals surface area contributed by atoms with E-state index in [-0.39, 0.29) is 16.5 Å². The van der Waals surface area contributed by atoms with Crippen molar-refractivity contribution in [2.24, 2.45) is 4.99 Å². The Morgan fingerprint density at radius 1 is 0.925 bits per heavy atom. The number of hydrogen-bond acceptors (Lipinski definition) is 7. The number of carbonyl (C=O) groups excluding carboxylic acids is 2. The summed E-state index contributed by atoms with van der Waals surface area (Å²) in [4.78, 5) is 30.2. The third kappa shape index (κ3) is 7.13. The minimum atomic E-state index is -3.60. The molecule has 10 heteroatoms. The van der Waals surface area contributed by atoms with Crippen molar-refractivity contribution < 1.29 is 22.7 Å². The van der Waals surface area contributed by atoms with Crippen LogP contribution in [0.4, 0.5) is 5.69 Å². The molecule has 210 valence electrons. The highest BCUT2D eigenvalue weighted by atomic mass is 32.2. The number of nitrogens with zero attached hydrogens (tertiary/aromatic N) is 3. The number of unbranched alkanes of at least 4 members (excludes halogenated alkanes) is 3. The Kier molecular flexibility index (Phi) is 9.34. The molecule has 0 aromatic heterocycles. The number of ether oxygens (including phenoxy) is 1. The van der Waals surface area contributed by atoms with Crippen molar-refractivity contribution in [3.8, 4) is 0 Å². The first-order valence-corrected chi connectivity index (χ1v) is 14.6. The first-order chi connectivity index (χ1) is 19.1. The van der Waals surface area contributed by atoms with Crippen LogP contribution in [0.1, 0.15) is 38.2 Å². The smallest absolute Gasteiger partial charge is 0.365 e. The van der Waals surface area contributed by atoms with Gasteiger partial charge in [-0.15, -0.1) is 0 Å². The summed E-state index contributed by atoms with van der Waals surface area (Å²) in [6, 6.07) is 19.9. The molecule has 0 atom stereocenters. The fraction of sp³-hybridized carbons (Fsp3) is 0.300. The van der Waals surface area contributed by atoms with Crippen molar-refractivity contribution in [1.29, 1.82) is 0 Å². The molecule has 0 spiro atoms. The van der Waals surface area contributed by atoms with Gasteiger partial charge in [0, 0.05) is 51.6 Å². The summed E-state index contributed by atoms with van der Waals surface area (Å²) >= 11 is 0. The lowest BCUT2D eigenvalue weighted by Crippen LogP contribution is -2.28. The van der Waals surface area contributed by atoms with E-state index >= 15 is 0 Å². The van der Waals surface area contributed by atoms with Crippen LogP contribution >= 0.6 is 0 Å². The number of carbonyl (C=O) groups is 2. The largest absolute Gasteiger partial charge is 0.402 e. The van der Waals surface area contributed by atoms with E-state index in [2.05, 4.69) is 10.3 Å². The first-order valence-electron chi connectivity index (χ1n) is 13.2. The molecule has 3 aromatic carbocycles. The van der Waals surface area contributed by atoms with Crippen LogP contribution < -0.4 is 5.32 Å². The molecule has 1 N–H and O–H groups in total. The van der Waals surface area contributed by atoms with E-state index in [1.54, 1.807) is 25.4 Å². The molecule has 0 radical (unpaired) electrons. The fourth-order valence-electron chi connectivity index (χ4n) is 4.46. The van der Waals surface area contributed by atoms with Crippen LogP contribution in [0.3, 0.4) is 0 Å². The summed E-state index contributed by atoms with van der Waals surface area (Å²) in [5.41, 5.74) is 1.60. The van der Waals surface area contributed by atoms with Gasteiger partial charge in [0.1, 0.15) is 0 Å². The lowest BCUT2D eigenvalue weighted by molar-refractivity contribution is -0.130. The molecule has 3 aromatic rings. The van der Waals surface area contributed by atoms with Gasteiger partial charge >= 0.3 is 5.97 Å². The molecule has 0 saturated heterocycles. The number of cyclic esters (lactones) is 1. The predicted molar refractivity (Wildman–Crippen MR) is 156 cm³/mol. The van der Waals surface area contributed by atoms with E-state index in [4.69, 9.17) is 4.74 Å². The van der Waals surface area contributed by atoms with Gasteiger partial charge < -0.3 is 15.0 Å². The summed E-state index contributed by atoms with van der Waals surface area (Å²) < 4.78 is 32.5. The number of fused-ring (bicyclic) bond motifs is 1. The topological polar surface area (TPSA) is 108 Å². The Hall–Kier alpha value is -4.02. The highest BCUT2D eigenvalue weighted by molar-refractivity contribution is 7.89. The number of anilines is 1. The summed E-state index contributed by atoms with van der Waals surface area (Å²) in [5.74, 6) is -0.371. The van der Waals surface area contributed by atoms with Gasteiger partial charge in [0.15, 0.2) is 5.70 Å². The Balaban J connectivity index is 1.22.